The van der Waals surface area contributed by atoms with E-state index >= 15 is 0 Å². The Labute approximate surface area is 273 Å². The third kappa shape index (κ3) is 16.6. The summed E-state index contributed by atoms with van der Waals surface area (Å²) in [5.74, 6) is -3.93. The van der Waals surface area contributed by atoms with Crippen molar-refractivity contribution < 1.29 is 38.9 Å². The van der Waals surface area contributed by atoms with Crippen LogP contribution in [0.25, 0.3) is 0 Å². The Hall–Kier alpha value is -2.42. The first-order chi connectivity index (χ1) is 19.3. The van der Waals surface area contributed by atoms with E-state index in [1.54, 1.807) is 24.3 Å². The summed E-state index contributed by atoms with van der Waals surface area (Å²) in [6.45, 7) is 4.98. The molecule has 41 heavy (non-hydrogen) atoms. The topological polar surface area (TPSA) is 133 Å². The van der Waals surface area contributed by atoms with E-state index in [2.05, 4.69) is 13.8 Å². The number of rotatable bonds is 18. The van der Waals surface area contributed by atoms with E-state index in [0.29, 0.717) is 13.2 Å². The third-order valence-corrected chi connectivity index (χ3v) is 6.20. The molecule has 0 saturated heterocycles. The number of benzene rings is 2. The Morgan fingerprint density at radius 1 is 0.512 bits per heavy atom. The number of hydrogen-bond acceptors (Lipinski definition) is 8. The molecule has 0 aliphatic rings. The van der Waals surface area contributed by atoms with Gasteiger partial charge in [-0.3, -0.25) is 0 Å². The zero-order chi connectivity index (χ0) is 29.6. The van der Waals surface area contributed by atoms with Crippen LogP contribution in [0.4, 0.5) is 0 Å². The normalized spacial score (nSPS) is 10.0. The van der Waals surface area contributed by atoms with Crippen LogP contribution < -0.4 is 10.2 Å². The molecule has 0 N–H and O–H groups in total. The Morgan fingerprint density at radius 3 is 1.12 bits per heavy atom. The number of carbonyl (C=O) groups is 4. The van der Waals surface area contributed by atoms with Crippen LogP contribution in [-0.4, -0.2) is 74.8 Å². The maximum Gasteiger partial charge on any atom is 2.00 e. The van der Waals surface area contributed by atoms with Gasteiger partial charge in [0.05, 0.1) is 36.3 Å². The van der Waals surface area contributed by atoms with Crippen molar-refractivity contribution in [2.45, 2.75) is 90.9 Å². The van der Waals surface area contributed by atoms with Gasteiger partial charge in [0.25, 0.3) is 0 Å². The van der Waals surface area contributed by atoms with Crippen molar-refractivity contribution in [2.75, 3.05) is 13.2 Å². The summed E-state index contributed by atoms with van der Waals surface area (Å²) in [7, 11) is 0. The number of carboxylic acid groups (broad SMARTS) is 2. The molecule has 0 heterocycles. The molecule has 0 saturated carbocycles. The number of unbranched alkanes of at least 4 members (excludes halogenated alkanes) is 10. The van der Waals surface area contributed by atoms with E-state index in [9.17, 15) is 29.4 Å². The Bertz CT molecular complexity index is 970. The van der Waals surface area contributed by atoms with Crippen LogP contribution >= 0.6 is 0 Å². The number of ether oxygens (including phenoxy) is 2. The molecule has 9 heteroatoms. The predicted molar refractivity (Wildman–Crippen MR) is 155 cm³/mol. The van der Waals surface area contributed by atoms with Crippen LogP contribution in [0.3, 0.4) is 0 Å². The van der Waals surface area contributed by atoms with Crippen LogP contribution in [0.1, 0.15) is 132 Å². The average molecular weight is 595 g/mol. The van der Waals surface area contributed by atoms with Gasteiger partial charge in [0.15, 0.2) is 0 Å². The number of hydrogen-bond donors (Lipinski definition) is 0. The van der Waals surface area contributed by atoms with E-state index in [1.807, 2.05) is 0 Å². The molecule has 0 amide bonds. The predicted octanol–water partition coefficient (Wildman–Crippen LogP) is 4.75. The van der Waals surface area contributed by atoms with Crippen LogP contribution in [0.2, 0.25) is 0 Å². The molecule has 0 fully saturated rings. The van der Waals surface area contributed by atoms with Gasteiger partial charge in [-0.15, -0.1) is 0 Å². The average Bonchev–Trinajstić information content (AvgIpc) is 2.96. The zero-order valence-corrected chi connectivity index (χ0v) is 26.7. The number of esters is 2. The summed E-state index contributed by atoms with van der Waals surface area (Å²) in [6.07, 6.45) is 13.2. The van der Waals surface area contributed by atoms with Gasteiger partial charge in [0, 0.05) is 11.1 Å². The van der Waals surface area contributed by atoms with Crippen molar-refractivity contribution in [3.8, 4) is 0 Å². The minimum absolute atomic E-state index is 0. The maximum atomic E-state index is 11.8. The van der Waals surface area contributed by atoms with Gasteiger partial charge in [-0.1, -0.05) is 114 Å². The first-order valence-corrected chi connectivity index (χ1v) is 14.3. The minimum atomic E-state index is -1.36. The minimum Gasteiger partial charge on any atom is -0.545 e. The fourth-order valence-electron chi connectivity index (χ4n) is 3.93. The summed E-state index contributed by atoms with van der Waals surface area (Å²) >= 11 is 0. The van der Waals surface area contributed by atoms with Gasteiger partial charge in [0.1, 0.15) is 0 Å². The molecule has 2 rings (SSSR count). The smallest absolute Gasteiger partial charge is 0.545 e. The van der Waals surface area contributed by atoms with Crippen molar-refractivity contribution in [1.29, 1.82) is 0 Å². The molecule has 0 bridgehead atoms. The first-order valence-electron chi connectivity index (χ1n) is 14.3. The van der Waals surface area contributed by atoms with Crippen LogP contribution in [0.5, 0.6) is 0 Å². The zero-order valence-electron chi connectivity index (χ0n) is 24.5. The van der Waals surface area contributed by atoms with E-state index in [4.69, 9.17) is 9.47 Å². The van der Waals surface area contributed by atoms with Gasteiger partial charge in [-0.25, -0.2) is 9.59 Å². The molecular formula is C32H42CaO8. The maximum absolute atomic E-state index is 11.8. The molecule has 2 aromatic carbocycles. The van der Waals surface area contributed by atoms with Gasteiger partial charge >= 0.3 is 49.7 Å². The van der Waals surface area contributed by atoms with E-state index < -0.39 is 23.9 Å². The first kappa shape index (κ1) is 38.6. The SMILES string of the molecule is CCCCCCCCOC(=O)c1ccccc1C(=O)[O-].CCCCCCCCOC(=O)c1ccccc1C(=O)[O-].[Ca+2]. The fraction of sp³-hybridized carbons (Fsp3) is 0.500. The van der Waals surface area contributed by atoms with Crippen molar-refractivity contribution in [2.24, 2.45) is 0 Å². The summed E-state index contributed by atoms with van der Waals surface area (Å²) in [5.41, 5.74) is -0.141. The number of carbonyl (C=O) groups excluding carboxylic acids is 4. The van der Waals surface area contributed by atoms with Crippen molar-refractivity contribution >= 4 is 61.6 Å². The Balaban J connectivity index is 0.000000762. The third-order valence-electron chi connectivity index (χ3n) is 6.20. The summed E-state index contributed by atoms with van der Waals surface area (Å²) in [5, 5.41) is 21.8. The van der Waals surface area contributed by atoms with Gasteiger partial charge in [0.2, 0.25) is 0 Å². The molecule has 8 nitrogen and oxygen atoms in total. The van der Waals surface area contributed by atoms with E-state index in [0.717, 1.165) is 38.5 Å². The quantitative estimate of drug-likeness (QED) is 0.137. The molecule has 0 atom stereocenters. The standard InChI is InChI=1S/2C16H22O4.Ca/c2*1-2-3-4-5-6-9-12-20-16(19)14-11-8-7-10-13(14)15(17)18;/h2*7-8,10-11H,2-6,9,12H2,1H3,(H,17,18);/q;;+2/p-2. The van der Waals surface area contributed by atoms with Gasteiger partial charge < -0.3 is 29.3 Å². The van der Waals surface area contributed by atoms with Crippen molar-refractivity contribution in [3.05, 3.63) is 70.8 Å². The summed E-state index contributed by atoms with van der Waals surface area (Å²) in [4.78, 5) is 45.4. The fourth-order valence-corrected chi connectivity index (χ4v) is 3.93. The van der Waals surface area contributed by atoms with Crippen molar-refractivity contribution in [3.63, 3.8) is 0 Å². The molecule has 0 unspecified atom stereocenters. The molecule has 0 aromatic heterocycles. The molecule has 0 radical (unpaired) electrons. The number of aromatic carboxylic acids is 2. The largest absolute Gasteiger partial charge is 2.00 e. The molecule has 220 valence electrons. The van der Waals surface area contributed by atoms with Crippen LogP contribution in [0, 0.1) is 0 Å². The molecular weight excluding hydrogens is 552 g/mol. The molecule has 0 spiro atoms. The monoisotopic (exact) mass is 594 g/mol. The van der Waals surface area contributed by atoms with Crippen molar-refractivity contribution in [1.82, 2.24) is 0 Å². The Morgan fingerprint density at radius 2 is 0.805 bits per heavy atom. The van der Waals surface area contributed by atoms with E-state index in [-0.39, 0.29) is 60.0 Å². The summed E-state index contributed by atoms with van der Waals surface area (Å²) < 4.78 is 10.2. The second-order valence-corrected chi connectivity index (χ2v) is 9.47. The van der Waals surface area contributed by atoms with Gasteiger partial charge in [-0.05, 0) is 25.0 Å². The second-order valence-electron chi connectivity index (χ2n) is 9.47. The Kier molecular flexibility index (Phi) is 22.8. The molecule has 2 aromatic rings. The van der Waals surface area contributed by atoms with Crippen LogP contribution in [-0.2, 0) is 9.47 Å². The molecule has 0 aliphatic heterocycles. The van der Waals surface area contributed by atoms with E-state index in [1.165, 1.54) is 62.8 Å². The van der Waals surface area contributed by atoms with Gasteiger partial charge in [-0.2, -0.15) is 0 Å². The second kappa shape index (κ2) is 24.2. The molecule has 0 aliphatic carbocycles. The van der Waals surface area contributed by atoms with Crippen LogP contribution in [0.15, 0.2) is 48.5 Å². The summed E-state index contributed by atoms with van der Waals surface area (Å²) in [6, 6.07) is 11.9. The number of carboxylic acids is 2.